The van der Waals surface area contributed by atoms with Gasteiger partial charge in [-0.1, -0.05) is 35.1 Å². The lowest BCUT2D eigenvalue weighted by atomic mass is 10.2. The summed E-state index contributed by atoms with van der Waals surface area (Å²) in [6.45, 7) is 0.557. The fourth-order valence-electron chi connectivity index (χ4n) is 1.56. The van der Waals surface area contributed by atoms with Gasteiger partial charge in [-0.05, 0) is 17.7 Å². The number of benzene rings is 1. The van der Waals surface area contributed by atoms with Gasteiger partial charge in [-0.3, -0.25) is 0 Å². The number of carbonyl (C=O) groups is 1. The highest BCUT2D eigenvalue weighted by Gasteiger charge is 2.17. The summed E-state index contributed by atoms with van der Waals surface area (Å²) in [4.78, 5) is 15.8. The maximum atomic E-state index is 11.4. The van der Waals surface area contributed by atoms with E-state index in [9.17, 15) is 4.79 Å². The van der Waals surface area contributed by atoms with Gasteiger partial charge >= 0.3 is 5.97 Å². The van der Waals surface area contributed by atoms with Crippen LogP contribution in [0.15, 0.2) is 24.3 Å². The van der Waals surface area contributed by atoms with Gasteiger partial charge in [0.15, 0.2) is 15.2 Å². The third-order valence-electron chi connectivity index (χ3n) is 2.53. The van der Waals surface area contributed by atoms with Crippen molar-refractivity contribution in [3.8, 4) is 5.75 Å². The summed E-state index contributed by atoms with van der Waals surface area (Å²) in [5, 5.41) is 3.83. The highest BCUT2D eigenvalue weighted by molar-refractivity contribution is 7.18. The van der Waals surface area contributed by atoms with Gasteiger partial charge in [0.05, 0.1) is 14.2 Å². The monoisotopic (exact) mass is 312 g/mol. The zero-order chi connectivity index (χ0) is 14.5. The van der Waals surface area contributed by atoms with Crippen LogP contribution in [0.4, 0.5) is 5.13 Å². The lowest BCUT2D eigenvalue weighted by molar-refractivity contribution is 0.0606. The van der Waals surface area contributed by atoms with Crippen LogP contribution >= 0.6 is 22.9 Å². The number of hydrogen-bond acceptors (Lipinski definition) is 6. The van der Waals surface area contributed by atoms with Crippen molar-refractivity contribution in [2.45, 2.75) is 6.54 Å². The number of carbonyl (C=O) groups excluding carboxylic acids is 1. The van der Waals surface area contributed by atoms with E-state index in [1.54, 1.807) is 7.11 Å². The molecule has 0 atom stereocenters. The van der Waals surface area contributed by atoms with Gasteiger partial charge in [0.2, 0.25) is 0 Å². The van der Waals surface area contributed by atoms with E-state index in [0.717, 1.165) is 22.6 Å². The maximum absolute atomic E-state index is 11.4. The molecule has 0 aliphatic carbocycles. The number of esters is 1. The summed E-state index contributed by atoms with van der Waals surface area (Å²) in [6.07, 6.45) is 0. The molecule has 5 nitrogen and oxygen atoms in total. The molecule has 2 aromatic rings. The molecule has 2 rings (SSSR count). The van der Waals surface area contributed by atoms with Crippen LogP contribution in [0, 0.1) is 0 Å². The predicted octanol–water partition coefficient (Wildman–Crippen LogP) is 3.20. The summed E-state index contributed by atoms with van der Waals surface area (Å²) in [5.41, 5.74) is 1.04. The van der Waals surface area contributed by atoms with Gasteiger partial charge in [-0.2, -0.15) is 0 Å². The van der Waals surface area contributed by atoms with Crippen molar-refractivity contribution in [3.05, 3.63) is 39.9 Å². The number of halogens is 1. The first-order chi connectivity index (χ1) is 9.63. The van der Waals surface area contributed by atoms with Gasteiger partial charge in [0.25, 0.3) is 0 Å². The van der Waals surface area contributed by atoms with Gasteiger partial charge in [0.1, 0.15) is 5.75 Å². The minimum Gasteiger partial charge on any atom is -0.497 e. The van der Waals surface area contributed by atoms with Crippen molar-refractivity contribution >= 4 is 34.0 Å². The topological polar surface area (TPSA) is 60.5 Å². The molecule has 0 amide bonds. The molecule has 0 aliphatic heterocycles. The lowest BCUT2D eigenvalue weighted by Crippen LogP contribution is -1.99. The maximum Gasteiger partial charge on any atom is 0.351 e. The largest absolute Gasteiger partial charge is 0.497 e. The van der Waals surface area contributed by atoms with Crippen molar-refractivity contribution < 1.29 is 14.3 Å². The Labute approximate surface area is 125 Å². The second-order valence-corrected chi connectivity index (χ2v) is 5.19. The molecule has 0 spiro atoms. The quantitative estimate of drug-likeness (QED) is 0.859. The Morgan fingerprint density at radius 1 is 1.45 bits per heavy atom. The van der Waals surface area contributed by atoms with Crippen molar-refractivity contribution in [1.82, 2.24) is 4.98 Å². The smallest absolute Gasteiger partial charge is 0.351 e. The Morgan fingerprint density at radius 2 is 2.25 bits per heavy atom. The zero-order valence-electron chi connectivity index (χ0n) is 11.0. The second-order valence-electron chi connectivity index (χ2n) is 3.84. The van der Waals surface area contributed by atoms with E-state index in [-0.39, 0.29) is 5.15 Å². The van der Waals surface area contributed by atoms with E-state index in [4.69, 9.17) is 16.3 Å². The number of methoxy groups -OCH3 is 2. The molecule has 20 heavy (non-hydrogen) atoms. The second kappa shape index (κ2) is 6.58. The molecule has 1 aromatic carbocycles. The van der Waals surface area contributed by atoms with E-state index in [1.807, 2.05) is 24.3 Å². The third-order valence-corrected chi connectivity index (χ3v) is 3.91. The van der Waals surface area contributed by atoms with Gasteiger partial charge in [-0.25, -0.2) is 9.78 Å². The molecule has 0 aliphatic rings. The molecule has 0 saturated carbocycles. The molecule has 106 valence electrons. The first-order valence-corrected chi connectivity index (χ1v) is 6.95. The van der Waals surface area contributed by atoms with Gasteiger partial charge in [-0.15, -0.1) is 0 Å². The Bertz CT molecular complexity index is 615. The van der Waals surface area contributed by atoms with Gasteiger partial charge in [0, 0.05) is 6.54 Å². The van der Waals surface area contributed by atoms with Crippen molar-refractivity contribution in [2.75, 3.05) is 19.5 Å². The van der Waals surface area contributed by atoms with Crippen molar-refractivity contribution in [2.24, 2.45) is 0 Å². The summed E-state index contributed by atoms with van der Waals surface area (Å²) >= 11 is 7.05. The molecule has 0 saturated heterocycles. The molecule has 0 fully saturated rings. The van der Waals surface area contributed by atoms with Crippen molar-refractivity contribution in [1.29, 1.82) is 0 Å². The molecular formula is C13H13ClN2O3S. The van der Waals surface area contributed by atoms with Gasteiger partial charge < -0.3 is 14.8 Å². The molecule has 0 unspecified atom stereocenters. The number of rotatable bonds is 5. The highest BCUT2D eigenvalue weighted by Crippen LogP contribution is 2.28. The summed E-state index contributed by atoms with van der Waals surface area (Å²) in [5.74, 6) is 0.304. The van der Waals surface area contributed by atoms with Crippen LogP contribution < -0.4 is 10.1 Å². The molecule has 7 heteroatoms. The van der Waals surface area contributed by atoms with E-state index in [1.165, 1.54) is 7.11 Å². The van der Waals surface area contributed by atoms with E-state index in [0.29, 0.717) is 16.6 Å². The van der Waals surface area contributed by atoms with Crippen LogP contribution in [0.5, 0.6) is 5.75 Å². The Hall–Kier alpha value is -1.79. The average molecular weight is 313 g/mol. The van der Waals surface area contributed by atoms with E-state index < -0.39 is 5.97 Å². The molecule has 1 heterocycles. The number of nitrogens with one attached hydrogen (secondary N) is 1. The normalized spacial score (nSPS) is 10.2. The van der Waals surface area contributed by atoms with Crippen LogP contribution in [0.3, 0.4) is 0 Å². The number of anilines is 1. The summed E-state index contributed by atoms with van der Waals surface area (Å²) in [6, 6.07) is 7.67. The van der Waals surface area contributed by atoms with Crippen LogP contribution in [-0.4, -0.2) is 25.2 Å². The SMILES string of the molecule is COC(=O)c1sc(NCc2cccc(OC)c2)nc1Cl. The number of aromatic nitrogens is 1. The van der Waals surface area contributed by atoms with Crippen LogP contribution in [0.2, 0.25) is 5.15 Å². The predicted molar refractivity (Wildman–Crippen MR) is 78.8 cm³/mol. The zero-order valence-corrected chi connectivity index (χ0v) is 12.5. The third kappa shape index (κ3) is 3.40. The molecule has 1 aromatic heterocycles. The van der Waals surface area contributed by atoms with E-state index >= 15 is 0 Å². The highest BCUT2D eigenvalue weighted by atomic mass is 35.5. The molecule has 1 N–H and O–H groups in total. The summed E-state index contributed by atoms with van der Waals surface area (Å²) < 4.78 is 9.78. The van der Waals surface area contributed by atoms with E-state index in [2.05, 4.69) is 15.0 Å². The number of hydrogen-bond donors (Lipinski definition) is 1. The first kappa shape index (κ1) is 14.6. The molecular weight excluding hydrogens is 300 g/mol. The fraction of sp³-hybridized carbons (Fsp3) is 0.231. The van der Waals surface area contributed by atoms with Crippen LogP contribution in [0.1, 0.15) is 15.2 Å². The minimum atomic E-state index is -0.484. The van der Waals surface area contributed by atoms with Crippen LogP contribution in [-0.2, 0) is 11.3 Å². The Balaban J connectivity index is 2.05. The summed E-state index contributed by atoms with van der Waals surface area (Å²) in [7, 11) is 2.93. The molecule has 0 bridgehead atoms. The average Bonchev–Trinajstić information content (AvgIpc) is 2.85. The first-order valence-electron chi connectivity index (χ1n) is 5.75. The lowest BCUT2D eigenvalue weighted by Gasteiger charge is -2.05. The number of thiazole rings is 1. The molecule has 0 radical (unpaired) electrons. The number of nitrogens with zero attached hydrogens (tertiary/aromatic N) is 1. The Kier molecular flexibility index (Phi) is 4.81. The Morgan fingerprint density at radius 3 is 2.95 bits per heavy atom. The van der Waals surface area contributed by atoms with Crippen molar-refractivity contribution in [3.63, 3.8) is 0 Å². The standard InChI is InChI=1S/C13H13ClN2O3S/c1-18-9-5-3-4-8(6-9)7-15-13-16-11(14)10(20-13)12(17)19-2/h3-6H,7H2,1-2H3,(H,15,16). The minimum absolute atomic E-state index is 0.148. The van der Waals surface area contributed by atoms with Crippen LogP contribution in [0.25, 0.3) is 0 Å². The fourth-order valence-corrected chi connectivity index (χ4v) is 2.65. The number of ether oxygens (including phenoxy) is 2.